The SMILES string of the molecule is Cc1nc2c(c(-c3cc(F)ccc3C#N)c1CN)c(=O)n(C)c(=O)n2C.Cn1c(=O)c2c(-c3cc(F)ccc3C#N)c(CN)c(C(F)(F)F)nc2n(C)c1=O.Cn1c(=O)c2c(-c3cc(F)ccc3C#N)c(CN)c(Cl)nc2n(C)c1=O.Cn1c(=O)c2c(-c3cc(F)ccc3C#N)c(CN)c(N)nc2n(C)c1=O. The van der Waals surface area contributed by atoms with E-state index in [9.17, 15) is 90.1 Å². The minimum Gasteiger partial charge on any atom is -0.383 e. The molecule has 0 unspecified atom stereocenters. The molecule has 0 aliphatic carbocycles. The van der Waals surface area contributed by atoms with Gasteiger partial charge in [0, 0.05) is 149 Å². The molecule has 8 aromatic heterocycles. The molecular formula is C70H57ClF7N21O8. The highest BCUT2D eigenvalue weighted by atomic mass is 35.5. The molecule has 12 rings (SSSR count). The number of benzene rings is 4. The molecule has 0 fully saturated rings. The first kappa shape index (κ1) is 77.8. The first-order valence-electron chi connectivity index (χ1n) is 31.0. The van der Waals surface area contributed by atoms with Crippen molar-refractivity contribution in [3.63, 3.8) is 0 Å². The van der Waals surface area contributed by atoms with Gasteiger partial charge in [0.25, 0.3) is 22.2 Å². The predicted molar refractivity (Wildman–Crippen MR) is 380 cm³/mol. The molecule has 0 aliphatic rings. The predicted octanol–water partition coefficient (Wildman–Crippen LogP) is 4.64. The molecular weight excluding hydrogens is 1430 g/mol. The summed E-state index contributed by atoms with van der Waals surface area (Å²) in [5.41, 5.74) is 23.9. The number of nitriles is 4. The average Bonchev–Trinajstić information content (AvgIpc) is 0.748. The molecule has 0 saturated heterocycles. The van der Waals surface area contributed by atoms with Crippen LogP contribution in [0.25, 0.3) is 88.6 Å². The fraction of sp³-hybridized carbons (Fsp3) is 0.200. The summed E-state index contributed by atoms with van der Waals surface area (Å²) in [6, 6.07) is 21.5. The van der Waals surface area contributed by atoms with Gasteiger partial charge in [-0.15, -0.1) is 0 Å². The normalized spacial score (nSPS) is 11.1. The van der Waals surface area contributed by atoms with Gasteiger partial charge in [0.05, 0.1) is 68.1 Å². The number of anilines is 1. The lowest BCUT2D eigenvalue weighted by atomic mass is 9.92. The van der Waals surface area contributed by atoms with E-state index >= 15 is 0 Å². The van der Waals surface area contributed by atoms with Gasteiger partial charge in [-0.05, 0) is 85.3 Å². The summed E-state index contributed by atoms with van der Waals surface area (Å²) < 4.78 is 105. The maximum absolute atomic E-state index is 13.9. The first-order chi connectivity index (χ1) is 50.5. The Morgan fingerprint density at radius 1 is 0.393 bits per heavy atom. The summed E-state index contributed by atoms with van der Waals surface area (Å²) in [6.45, 7) is 0.859. The van der Waals surface area contributed by atoms with E-state index in [4.69, 9.17) is 40.3 Å². The number of nitrogen functional groups attached to an aromatic ring is 1. The number of hydrogen-bond donors (Lipinski definition) is 5. The molecule has 0 aliphatic heterocycles. The van der Waals surface area contributed by atoms with Crippen LogP contribution in [-0.2, 0) is 88.7 Å². The molecule has 0 spiro atoms. The van der Waals surface area contributed by atoms with Crippen molar-refractivity contribution in [3.05, 3.63) is 240 Å². The van der Waals surface area contributed by atoms with E-state index in [1.165, 1.54) is 81.8 Å². The summed E-state index contributed by atoms with van der Waals surface area (Å²) in [5.74, 6) is -2.56. The zero-order valence-corrected chi connectivity index (χ0v) is 58.3. The Kier molecular flexibility index (Phi) is 21.9. The third kappa shape index (κ3) is 13.6. The second kappa shape index (κ2) is 30.1. The Hall–Kier alpha value is -13.4. The Bertz CT molecular complexity index is 6090. The Balaban J connectivity index is 0.000000165. The molecule has 0 saturated carbocycles. The van der Waals surface area contributed by atoms with Crippen LogP contribution in [0, 0.1) is 75.5 Å². The quantitative estimate of drug-likeness (QED) is 0.102. The topological polar surface area (TPSA) is 453 Å². The van der Waals surface area contributed by atoms with E-state index in [0.29, 0.717) is 27.0 Å². The minimum absolute atomic E-state index is 0.00593. The molecule has 107 heavy (non-hydrogen) atoms. The van der Waals surface area contributed by atoms with Crippen molar-refractivity contribution in [2.75, 3.05) is 5.73 Å². The molecule has 546 valence electrons. The average molecular weight is 1490 g/mol. The summed E-state index contributed by atoms with van der Waals surface area (Å²) >= 11 is 6.22. The number of aryl methyl sites for hydroxylation is 5. The highest BCUT2D eigenvalue weighted by Crippen LogP contribution is 2.41. The Morgan fingerprint density at radius 3 is 0.944 bits per heavy atom. The van der Waals surface area contributed by atoms with E-state index in [0.717, 1.165) is 79.4 Å². The van der Waals surface area contributed by atoms with Crippen LogP contribution in [0.2, 0.25) is 5.15 Å². The number of alkyl halides is 3. The summed E-state index contributed by atoms with van der Waals surface area (Å²) in [7, 11) is 10.7. The number of rotatable bonds is 8. The van der Waals surface area contributed by atoms with Gasteiger partial charge in [-0.25, -0.2) is 56.7 Å². The lowest BCUT2D eigenvalue weighted by Crippen LogP contribution is -2.38. The standard InChI is InChI=1S/C18H13F4N5O2.C18H16FN5O2.C17H13ClFN5O2.C17H15FN6O2/c1-26-15-13(16(28)27(2)17(26)29)12(10-5-9(19)4-3-8(10)6-23)11(7-24)14(25-15)18(20,21)22;1-9-13(8-21)14(12-6-11(19)5-4-10(12)7-20)15-16(22-9)23(2)18(26)24(3)17(15)25;1-23-15-13(16(25)24(2)17(23)26)12(11(7-21)14(18)22-15)10-5-9(19)4-3-8(10)6-20;1-23-15-13(16(25)24(2)17(23)26)12(11(7-20)14(21)22-15)10-5-9(18)4-3-8(10)6-19/h3-5H,7,24H2,1-2H3;4-6H,8,21H2,1-3H3;3-5H,7,21H2,1-2H3;3-5H,7,20H2,1-2H3,(H2,21,22). The summed E-state index contributed by atoms with van der Waals surface area (Å²) in [6.07, 6.45) is -4.98. The number of halogens is 8. The highest BCUT2D eigenvalue weighted by molar-refractivity contribution is 6.31. The Labute approximate surface area is 600 Å². The molecule has 0 bridgehead atoms. The van der Waals surface area contributed by atoms with E-state index in [-0.39, 0.29) is 136 Å². The zero-order valence-electron chi connectivity index (χ0n) is 57.6. The maximum Gasteiger partial charge on any atom is 0.433 e. The van der Waals surface area contributed by atoms with Crippen molar-refractivity contribution < 1.29 is 30.7 Å². The van der Waals surface area contributed by atoms with Crippen LogP contribution in [-0.4, -0.2) is 56.5 Å². The number of nitrogens with two attached hydrogens (primary N) is 5. The second-order valence-electron chi connectivity index (χ2n) is 23.6. The van der Waals surface area contributed by atoms with Crippen LogP contribution < -0.4 is 73.7 Å². The van der Waals surface area contributed by atoms with Crippen LogP contribution in [0.15, 0.2) is 111 Å². The fourth-order valence-corrected chi connectivity index (χ4v) is 12.4. The molecule has 0 radical (unpaired) electrons. The lowest BCUT2D eigenvalue weighted by Gasteiger charge is -2.19. The third-order valence-electron chi connectivity index (χ3n) is 17.5. The van der Waals surface area contributed by atoms with Crippen LogP contribution in [0.1, 0.15) is 55.9 Å². The minimum atomic E-state index is -4.98. The summed E-state index contributed by atoms with van der Waals surface area (Å²) in [4.78, 5) is 116. The first-order valence-corrected chi connectivity index (χ1v) is 31.4. The van der Waals surface area contributed by atoms with Crippen molar-refractivity contribution in [1.82, 2.24) is 56.5 Å². The van der Waals surface area contributed by atoms with Gasteiger partial charge in [-0.2, -0.15) is 34.2 Å². The number of hydrogen-bond acceptors (Lipinski definition) is 21. The monoisotopic (exact) mass is 1490 g/mol. The van der Waals surface area contributed by atoms with Crippen LogP contribution in [0.5, 0.6) is 0 Å². The zero-order chi connectivity index (χ0) is 79.2. The van der Waals surface area contributed by atoms with Crippen molar-refractivity contribution in [2.45, 2.75) is 39.3 Å². The van der Waals surface area contributed by atoms with E-state index in [1.807, 2.05) is 18.2 Å². The molecule has 0 atom stereocenters. The van der Waals surface area contributed by atoms with Gasteiger partial charge in [0.2, 0.25) is 0 Å². The second-order valence-corrected chi connectivity index (χ2v) is 24.0. The van der Waals surface area contributed by atoms with Gasteiger partial charge in [-0.3, -0.25) is 55.7 Å². The van der Waals surface area contributed by atoms with Gasteiger partial charge in [0.1, 0.15) is 39.9 Å². The maximum atomic E-state index is 13.9. The molecule has 0 amide bonds. The molecule has 8 heterocycles. The van der Waals surface area contributed by atoms with Crippen molar-refractivity contribution in [2.24, 2.45) is 79.3 Å². The molecule has 37 heteroatoms. The molecule has 12 aromatic rings. The van der Waals surface area contributed by atoms with Gasteiger partial charge in [0.15, 0.2) is 22.6 Å². The van der Waals surface area contributed by atoms with Gasteiger partial charge >= 0.3 is 28.9 Å². The van der Waals surface area contributed by atoms with Crippen molar-refractivity contribution >= 4 is 61.6 Å². The molecule has 4 aromatic carbocycles. The molecule has 29 nitrogen and oxygen atoms in total. The number of nitrogens with zero attached hydrogens (tertiary/aromatic N) is 16. The van der Waals surface area contributed by atoms with Crippen molar-refractivity contribution in [1.29, 1.82) is 21.0 Å². The van der Waals surface area contributed by atoms with Crippen molar-refractivity contribution in [3.8, 4) is 68.8 Å². The van der Waals surface area contributed by atoms with E-state index < -0.39 is 97.9 Å². The van der Waals surface area contributed by atoms with Gasteiger partial charge in [-0.1, -0.05) is 11.6 Å². The van der Waals surface area contributed by atoms with E-state index in [2.05, 4.69) is 19.9 Å². The number of aromatic nitrogens is 12. The van der Waals surface area contributed by atoms with Crippen LogP contribution >= 0.6 is 11.6 Å². The van der Waals surface area contributed by atoms with Crippen LogP contribution in [0.3, 0.4) is 0 Å². The number of fused-ring (bicyclic) bond motifs is 4. The smallest absolute Gasteiger partial charge is 0.383 e. The Morgan fingerprint density at radius 2 is 0.654 bits per heavy atom. The van der Waals surface area contributed by atoms with Gasteiger partial charge < -0.3 is 28.7 Å². The third-order valence-corrected chi connectivity index (χ3v) is 17.8. The summed E-state index contributed by atoms with van der Waals surface area (Å²) in [5, 5.41) is 37.5. The molecule has 10 N–H and O–H groups in total. The number of pyridine rings is 4. The fourth-order valence-electron chi connectivity index (χ4n) is 12.2. The van der Waals surface area contributed by atoms with Crippen LogP contribution in [0.4, 0.5) is 36.6 Å². The van der Waals surface area contributed by atoms with E-state index in [1.54, 1.807) is 13.0 Å². The highest BCUT2D eigenvalue weighted by Gasteiger charge is 2.39. The lowest BCUT2D eigenvalue weighted by molar-refractivity contribution is -0.141. The largest absolute Gasteiger partial charge is 0.433 e.